The van der Waals surface area contributed by atoms with Crippen LogP contribution >= 0.6 is 0 Å². The predicted molar refractivity (Wildman–Crippen MR) is 22.0 cm³/mol. The van der Waals surface area contributed by atoms with E-state index in [0.717, 1.165) is 0 Å². The Morgan fingerprint density at radius 1 is 1.17 bits per heavy atom. The molecule has 0 aromatic carbocycles. The second kappa shape index (κ2) is 2.93. The van der Waals surface area contributed by atoms with Gasteiger partial charge < -0.3 is 5.11 Å². The van der Waals surface area contributed by atoms with Gasteiger partial charge in [-0.1, -0.05) is 0 Å². The summed E-state index contributed by atoms with van der Waals surface area (Å²) in [4.78, 5) is 0. The van der Waals surface area contributed by atoms with E-state index >= 15 is 0 Å². The van der Waals surface area contributed by atoms with Crippen molar-refractivity contribution in [2.75, 3.05) is 0 Å². The fourth-order valence-corrected chi connectivity index (χ4v) is 0. The molecule has 1 N–H and O–H groups in total. The third kappa shape index (κ3) is 101. The second-order valence-corrected chi connectivity index (χ2v) is 2.17. The first-order valence-electron chi connectivity index (χ1n) is 1.72. The van der Waals surface area contributed by atoms with Gasteiger partial charge in [0.2, 0.25) is 0 Å². The minimum atomic E-state index is -0.500. The zero-order valence-electron chi connectivity index (χ0n) is 4.45. The van der Waals surface area contributed by atoms with Gasteiger partial charge in [-0.15, -0.1) is 0 Å². The van der Waals surface area contributed by atoms with E-state index in [0.29, 0.717) is 0 Å². The Morgan fingerprint density at radius 3 is 1.17 bits per heavy atom. The molecule has 0 fully saturated rings. The molecule has 6 heavy (non-hydrogen) atoms. The average Bonchev–Trinajstić information content (AvgIpc) is 0.722. The molecular weight excluding hydrogens is 155 g/mol. The van der Waals surface area contributed by atoms with Crippen molar-refractivity contribution in [3.8, 4) is 0 Å². The van der Waals surface area contributed by atoms with Gasteiger partial charge >= 0.3 is 26.2 Å². The summed E-state index contributed by atoms with van der Waals surface area (Å²) >= 11 is 0. The van der Waals surface area contributed by atoms with Gasteiger partial charge in [-0.05, 0) is 20.8 Å². The van der Waals surface area contributed by atoms with Crippen LogP contribution in [0.15, 0.2) is 0 Å². The minimum Gasteiger partial charge on any atom is -0.391 e. The van der Waals surface area contributed by atoms with Crippen LogP contribution in [-0.2, 0) is 26.2 Å². The zero-order chi connectivity index (χ0) is 4.50. The van der Waals surface area contributed by atoms with Crippen LogP contribution in [0.1, 0.15) is 20.8 Å². The van der Waals surface area contributed by atoms with Crippen molar-refractivity contribution in [1.82, 2.24) is 0 Å². The summed E-state index contributed by atoms with van der Waals surface area (Å²) in [6.07, 6.45) is 0. The van der Waals surface area contributed by atoms with Gasteiger partial charge in [0.25, 0.3) is 0 Å². The summed E-state index contributed by atoms with van der Waals surface area (Å²) in [6, 6.07) is 0. The molecule has 0 spiro atoms. The molecule has 0 heterocycles. The Morgan fingerprint density at radius 2 is 1.17 bits per heavy atom. The molecule has 0 saturated carbocycles. The first-order chi connectivity index (χ1) is 2.00. The summed E-state index contributed by atoms with van der Waals surface area (Å²) in [7, 11) is 0. The Labute approximate surface area is 57.9 Å². The Bertz CT molecular complexity index is 23.0. The third-order valence-electron chi connectivity index (χ3n) is 0. The third-order valence-corrected chi connectivity index (χ3v) is 0. The molecule has 33 valence electrons. The first-order valence-corrected chi connectivity index (χ1v) is 1.72. The molecule has 1 nitrogen and oxygen atoms in total. The summed E-state index contributed by atoms with van der Waals surface area (Å²) in [5.74, 6) is 0. The van der Waals surface area contributed by atoms with E-state index in [9.17, 15) is 0 Å². The van der Waals surface area contributed by atoms with Crippen molar-refractivity contribution >= 4 is 0 Å². The molecule has 0 saturated heterocycles. The van der Waals surface area contributed by atoms with Gasteiger partial charge in [0, 0.05) is 0 Å². The van der Waals surface area contributed by atoms with Crippen LogP contribution in [-0.4, -0.2) is 10.7 Å². The number of hydrogen-bond donors (Lipinski definition) is 1. The first kappa shape index (κ1) is 9.96. The van der Waals surface area contributed by atoms with Crippen LogP contribution in [0.2, 0.25) is 0 Å². The monoisotopic (exact) mass is 164 g/mol. The van der Waals surface area contributed by atoms with Crippen molar-refractivity contribution in [2.24, 2.45) is 0 Å². The van der Waals surface area contributed by atoms with Gasteiger partial charge in [0.15, 0.2) is 0 Å². The normalized spacial score (nSPS) is 10.0. The number of hydrogen-bond acceptors (Lipinski definition) is 1. The van der Waals surface area contributed by atoms with Crippen molar-refractivity contribution in [2.45, 2.75) is 26.4 Å². The molecule has 0 unspecified atom stereocenters. The molecule has 0 aliphatic heterocycles. The van der Waals surface area contributed by atoms with E-state index in [4.69, 9.17) is 5.11 Å². The van der Waals surface area contributed by atoms with E-state index in [-0.39, 0.29) is 26.2 Å². The van der Waals surface area contributed by atoms with Gasteiger partial charge in [0.1, 0.15) is 0 Å². The van der Waals surface area contributed by atoms with Gasteiger partial charge in [-0.25, -0.2) is 0 Å². The summed E-state index contributed by atoms with van der Waals surface area (Å²) in [5.41, 5.74) is -0.500. The van der Waals surface area contributed by atoms with Crippen LogP contribution in [0.5, 0.6) is 0 Å². The topological polar surface area (TPSA) is 20.2 Å². The Hall–Kier alpha value is 0.843. The van der Waals surface area contributed by atoms with Crippen LogP contribution < -0.4 is 0 Å². The van der Waals surface area contributed by atoms with Crippen LogP contribution in [0.4, 0.5) is 0 Å². The predicted octanol–water partition coefficient (Wildman–Crippen LogP) is 0.775. The zero-order valence-corrected chi connectivity index (χ0v) is 6.91. The molecule has 0 amide bonds. The maximum atomic E-state index is 8.52. The standard InChI is InChI=1S/C4H10O.Zr/c1-4(2,3)5;/h5H,1-3H3;/q;+3. The number of rotatable bonds is 0. The SMILES string of the molecule is CC(C)(C)O.[Zr+3]. The molecule has 0 aliphatic carbocycles. The fraction of sp³-hybridized carbons (Fsp3) is 1.00. The maximum Gasteiger partial charge on any atom is 3.00 e. The molecule has 0 bridgehead atoms. The van der Waals surface area contributed by atoms with Crippen molar-refractivity contribution in [3.63, 3.8) is 0 Å². The Kier molecular flexibility index (Phi) is 4.86. The maximum absolute atomic E-state index is 8.52. The molecule has 0 aromatic rings. The molecular formula is C4H10OZr+3. The smallest absolute Gasteiger partial charge is 0.391 e. The van der Waals surface area contributed by atoms with Crippen LogP contribution in [0, 0.1) is 0 Å². The van der Waals surface area contributed by atoms with Crippen molar-refractivity contribution < 1.29 is 31.3 Å². The van der Waals surface area contributed by atoms with Crippen LogP contribution in [0.3, 0.4) is 0 Å². The van der Waals surface area contributed by atoms with E-state index in [1.807, 2.05) is 0 Å². The summed E-state index contributed by atoms with van der Waals surface area (Å²) in [6.45, 7) is 5.23. The molecule has 2 heteroatoms. The quantitative estimate of drug-likeness (QED) is 0.562. The van der Waals surface area contributed by atoms with Gasteiger partial charge in [-0.2, -0.15) is 0 Å². The van der Waals surface area contributed by atoms with Crippen molar-refractivity contribution in [1.29, 1.82) is 0 Å². The van der Waals surface area contributed by atoms with Gasteiger partial charge in [0.05, 0.1) is 5.60 Å². The summed E-state index contributed by atoms with van der Waals surface area (Å²) in [5, 5.41) is 8.52. The Balaban J connectivity index is 0. The average molecular weight is 165 g/mol. The van der Waals surface area contributed by atoms with E-state index in [1.165, 1.54) is 0 Å². The summed E-state index contributed by atoms with van der Waals surface area (Å²) < 4.78 is 0. The van der Waals surface area contributed by atoms with Crippen LogP contribution in [0.25, 0.3) is 0 Å². The van der Waals surface area contributed by atoms with Gasteiger partial charge in [-0.3, -0.25) is 0 Å². The van der Waals surface area contributed by atoms with Crippen molar-refractivity contribution in [3.05, 3.63) is 0 Å². The molecule has 0 atom stereocenters. The number of aliphatic hydroxyl groups is 1. The van der Waals surface area contributed by atoms with E-state index in [2.05, 4.69) is 0 Å². The van der Waals surface area contributed by atoms with E-state index < -0.39 is 5.60 Å². The minimum absolute atomic E-state index is 0. The van der Waals surface area contributed by atoms with E-state index in [1.54, 1.807) is 20.8 Å². The second-order valence-electron chi connectivity index (χ2n) is 2.17. The molecule has 1 radical (unpaired) electrons. The largest absolute Gasteiger partial charge is 3.00 e. The fourth-order valence-electron chi connectivity index (χ4n) is 0. The molecule has 0 rings (SSSR count). The molecule has 0 aliphatic rings. The molecule has 0 aromatic heterocycles.